The highest BCUT2D eigenvalue weighted by molar-refractivity contribution is 6.34. The Bertz CT molecular complexity index is 714. The fourth-order valence-corrected chi connectivity index (χ4v) is 2.01. The molecule has 0 aliphatic carbocycles. The van der Waals surface area contributed by atoms with Crippen molar-refractivity contribution in [1.29, 1.82) is 0 Å². The van der Waals surface area contributed by atoms with Crippen LogP contribution < -0.4 is 16.6 Å². The van der Waals surface area contributed by atoms with Gasteiger partial charge in [-0.3, -0.25) is 15.0 Å². The standard InChI is InChI=1S/C16H14ClN3O2/c17-13-9-5-4-8-12(13)15(21)19-14(16(22)20-18)10-11-6-2-1-3-7-11/h1-10H,18H2,(H,19,21)(H,20,22)/b14-10-. The van der Waals surface area contributed by atoms with Crippen LogP contribution in [0.2, 0.25) is 5.02 Å². The molecule has 6 heteroatoms. The van der Waals surface area contributed by atoms with Crippen LogP contribution in [0.3, 0.4) is 0 Å². The first-order chi connectivity index (χ1) is 10.6. The third kappa shape index (κ3) is 3.94. The maximum absolute atomic E-state index is 12.2. The third-order valence-electron chi connectivity index (χ3n) is 2.85. The van der Waals surface area contributed by atoms with E-state index in [-0.39, 0.29) is 11.3 Å². The maximum atomic E-state index is 12.2. The lowest BCUT2D eigenvalue weighted by Crippen LogP contribution is -2.38. The predicted molar refractivity (Wildman–Crippen MR) is 85.7 cm³/mol. The van der Waals surface area contributed by atoms with Crippen LogP contribution in [0, 0.1) is 0 Å². The van der Waals surface area contributed by atoms with Crippen molar-refractivity contribution in [1.82, 2.24) is 10.7 Å². The molecule has 0 saturated heterocycles. The normalized spacial score (nSPS) is 10.9. The highest BCUT2D eigenvalue weighted by Crippen LogP contribution is 2.15. The number of hydrogen-bond acceptors (Lipinski definition) is 3. The number of carbonyl (C=O) groups is 2. The van der Waals surface area contributed by atoms with Crippen LogP contribution in [0.1, 0.15) is 15.9 Å². The van der Waals surface area contributed by atoms with Gasteiger partial charge in [-0.1, -0.05) is 54.1 Å². The van der Waals surface area contributed by atoms with Crippen molar-refractivity contribution in [2.45, 2.75) is 0 Å². The summed E-state index contributed by atoms with van der Waals surface area (Å²) in [6.07, 6.45) is 1.52. The first-order valence-corrected chi connectivity index (χ1v) is 6.83. The smallest absolute Gasteiger partial charge is 0.281 e. The largest absolute Gasteiger partial charge is 0.317 e. The minimum Gasteiger partial charge on any atom is -0.317 e. The van der Waals surface area contributed by atoms with E-state index in [1.807, 2.05) is 23.6 Å². The second-order valence-corrected chi connectivity index (χ2v) is 4.78. The number of carbonyl (C=O) groups excluding carboxylic acids is 2. The number of hydrazine groups is 1. The minimum absolute atomic E-state index is 0.0265. The first-order valence-electron chi connectivity index (χ1n) is 6.45. The molecule has 0 spiro atoms. The van der Waals surface area contributed by atoms with Gasteiger partial charge in [0.05, 0.1) is 10.6 Å². The van der Waals surface area contributed by atoms with Gasteiger partial charge in [0.1, 0.15) is 5.70 Å². The van der Waals surface area contributed by atoms with Gasteiger partial charge in [-0.25, -0.2) is 5.84 Å². The molecular formula is C16H14ClN3O2. The molecule has 0 radical (unpaired) electrons. The van der Waals surface area contributed by atoms with Gasteiger partial charge in [-0.05, 0) is 23.8 Å². The molecule has 2 amide bonds. The van der Waals surface area contributed by atoms with E-state index in [0.717, 1.165) is 5.56 Å². The van der Waals surface area contributed by atoms with Crippen molar-refractivity contribution in [3.8, 4) is 0 Å². The Balaban J connectivity index is 2.28. The molecular weight excluding hydrogens is 302 g/mol. The second kappa shape index (κ2) is 7.40. The molecule has 0 atom stereocenters. The highest BCUT2D eigenvalue weighted by atomic mass is 35.5. The van der Waals surface area contributed by atoms with Gasteiger partial charge < -0.3 is 5.32 Å². The van der Waals surface area contributed by atoms with Crippen molar-refractivity contribution >= 4 is 29.5 Å². The van der Waals surface area contributed by atoms with E-state index in [0.29, 0.717) is 5.02 Å². The molecule has 2 aromatic rings. The fourth-order valence-electron chi connectivity index (χ4n) is 1.79. The van der Waals surface area contributed by atoms with Crippen LogP contribution >= 0.6 is 11.6 Å². The van der Waals surface area contributed by atoms with Crippen molar-refractivity contribution in [2.75, 3.05) is 0 Å². The zero-order chi connectivity index (χ0) is 15.9. The molecule has 0 aromatic heterocycles. The van der Waals surface area contributed by atoms with Crippen molar-refractivity contribution in [3.63, 3.8) is 0 Å². The van der Waals surface area contributed by atoms with Crippen molar-refractivity contribution in [3.05, 3.63) is 76.4 Å². The highest BCUT2D eigenvalue weighted by Gasteiger charge is 2.15. The molecule has 22 heavy (non-hydrogen) atoms. The summed E-state index contributed by atoms with van der Waals surface area (Å²) in [5, 5.41) is 2.82. The first kappa shape index (κ1) is 15.8. The minimum atomic E-state index is -0.607. The van der Waals surface area contributed by atoms with Gasteiger partial charge in [0.15, 0.2) is 0 Å². The molecule has 0 saturated carbocycles. The number of rotatable bonds is 4. The molecule has 0 bridgehead atoms. The molecule has 2 aromatic carbocycles. The Hall–Kier alpha value is -2.63. The van der Waals surface area contributed by atoms with E-state index < -0.39 is 11.8 Å². The number of amides is 2. The van der Waals surface area contributed by atoms with E-state index >= 15 is 0 Å². The molecule has 112 valence electrons. The van der Waals surface area contributed by atoms with Gasteiger partial charge in [-0.15, -0.1) is 0 Å². The Kier molecular flexibility index (Phi) is 5.30. The lowest BCUT2D eigenvalue weighted by atomic mass is 10.1. The van der Waals surface area contributed by atoms with E-state index in [2.05, 4.69) is 5.32 Å². The summed E-state index contributed by atoms with van der Waals surface area (Å²) < 4.78 is 0. The van der Waals surface area contributed by atoms with Crippen LogP contribution in [0.25, 0.3) is 6.08 Å². The number of nitrogens with one attached hydrogen (secondary N) is 2. The monoisotopic (exact) mass is 315 g/mol. The topological polar surface area (TPSA) is 84.2 Å². The number of nitrogens with two attached hydrogens (primary N) is 1. The summed E-state index contributed by atoms with van der Waals surface area (Å²) in [6.45, 7) is 0. The average molecular weight is 316 g/mol. The van der Waals surface area contributed by atoms with Gasteiger partial charge in [0.25, 0.3) is 11.8 Å². The summed E-state index contributed by atoms with van der Waals surface area (Å²) >= 11 is 5.97. The summed E-state index contributed by atoms with van der Waals surface area (Å²) in [5.41, 5.74) is 3.05. The van der Waals surface area contributed by atoms with Gasteiger partial charge in [0.2, 0.25) is 0 Å². The Morgan fingerprint density at radius 2 is 1.64 bits per heavy atom. The van der Waals surface area contributed by atoms with Crippen molar-refractivity contribution < 1.29 is 9.59 Å². The molecule has 5 nitrogen and oxygen atoms in total. The predicted octanol–water partition coefficient (Wildman–Crippen LogP) is 2.10. The molecule has 0 aliphatic rings. The van der Waals surface area contributed by atoms with Crippen LogP contribution in [-0.2, 0) is 4.79 Å². The SMILES string of the molecule is NNC(=O)/C(=C/c1ccccc1)NC(=O)c1ccccc1Cl. The average Bonchev–Trinajstić information content (AvgIpc) is 2.54. The van der Waals surface area contributed by atoms with Crippen LogP contribution in [0.4, 0.5) is 0 Å². The van der Waals surface area contributed by atoms with E-state index in [1.54, 1.807) is 36.4 Å². The number of halogens is 1. The molecule has 0 heterocycles. The molecule has 0 fully saturated rings. The summed E-state index contributed by atoms with van der Waals surface area (Å²) in [7, 11) is 0. The number of hydrogen-bond donors (Lipinski definition) is 3. The van der Waals surface area contributed by atoms with Crippen LogP contribution in [-0.4, -0.2) is 11.8 Å². The zero-order valence-electron chi connectivity index (χ0n) is 11.5. The Labute approximate surface area is 132 Å². The summed E-state index contributed by atoms with van der Waals surface area (Å²) in [6, 6.07) is 15.6. The van der Waals surface area contributed by atoms with E-state index in [9.17, 15) is 9.59 Å². The fraction of sp³-hybridized carbons (Fsp3) is 0. The Morgan fingerprint density at radius 1 is 1.00 bits per heavy atom. The van der Waals surface area contributed by atoms with E-state index in [4.69, 9.17) is 17.4 Å². The molecule has 0 unspecified atom stereocenters. The third-order valence-corrected chi connectivity index (χ3v) is 3.18. The van der Waals surface area contributed by atoms with Crippen LogP contribution in [0.15, 0.2) is 60.3 Å². The summed E-state index contributed by atoms with van der Waals surface area (Å²) in [4.78, 5) is 24.0. The van der Waals surface area contributed by atoms with E-state index in [1.165, 1.54) is 6.08 Å². The lowest BCUT2D eigenvalue weighted by Gasteiger charge is -2.09. The molecule has 4 N–H and O–H groups in total. The van der Waals surface area contributed by atoms with Crippen LogP contribution in [0.5, 0.6) is 0 Å². The second-order valence-electron chi connectivity index (χ2n) is 4.38. The van der Waals surface area contributed by atoms with Gasteiger partial charge in [0, 0.05) is 0 Å². The van der Waals surface area contributed by atoms with Gasteiger partial charge in [-0.2, -0.15) is 0 Å². The maximum Gasteiger partial charge on any atom is 0.281 e. The zero-order valence-corrected chi connectivity index (χ0v) is 12.3. The van der Waals surface area contributed by atoms with Crippen molar-refractivity contribution in [2.24, 2.45) is 5.84 Å². The quantitative estimate of drug-likeness (QED) is 0.349. The molecule has 0 aliphatic heterocycles. The Morgan fingerprint density at radius 3 is 2.27 bits per heavy atom. The number of benzene rings is 2. The lowest BCUT2D eigenvalue weighted by molar-refractivity contribution is -0.117. The summed E-state index contributed by atoms with van der Waals surface area (Å²) in [5.74, 6) is 4.06. The molecule has 2 rings (SSSR count). The van der Waals surface area contributed by atoms with Gasteiger partial charge >= 0.3 is 0 Å².